The van der Waals surface area contributed by atoms with Crippen LogP contribution in [0.15, 0.2) is 11.6 Å². The molecule has 6 aliphatic rings. The Morgan fingerprint density at radius 2 is 1.68 bits per heavy atom. The van der Waals surface area contributed by atoms with Crippen molar-refractivity contribution in [1.82, 2.24) is 0 Å². The first-order chi connectivity index (χ1) is 17.0. The molecule has 0 aromatic carbocycles. The smallest absolute Gasteiger partial charge is 0.321 e. The molecule has 4 aliphatic carbocycles. The molecule has 9 nitrogen and oxygen atoms in total. The number of ether oxygens (including phenoxy) is 4. The zero-order valence-electron chi connectivity index (χ0n) is 22.6. The predicted molar refractivity (Wildman–Crippen MR) is 126 cm³/mol. The van der Waals surface area contributed by atoms with Gasteiger partial charge < -0.3 is 18.9 Å². The molecule has 4 bridgehead atoms. The number of methoxy groups -OCH3 is 1. The third-order valence-electron chi connectivity index (χ3n) is 11.5. The number of carbonyl (C=O) groups excluding carboxylic acids is 5. The molecule has 9 atom stereocenters. The number of Topliss-reactive ketones (excluding diaryl/α,β-unsaturated/α-hetero) is 2. The first-order valence-corrected chi connectivity index (χ1v) is 13.0. The van der Waals surface area contributed by atoms with Crippen molar-refractivity contribution in [3.8, 4) is 0 Å². The Labute approximate surface area is 215 Å². The zero-order chi connectivity index (χ0) is 27.4. The number of hydrogen-bond donors (Lipinski definition) is 0. The molecule has 37 heavy (non-hydrogen) atoms. The minimum Gasteiger partial charge on any atom is -0.468 e. The first kappa shape index (κ1) is 24.8. The monoisotopic (exact) mass is 514 g/mol. The van der Waals surface area contributed by atoms with E-state index in [0.717, 1.165) is 0 Å². The average Bonchev–Trinajstić information content (AvgIpc) is 3.19. The van der Waals surface area contributed by atoms with Crippen LogP contribution < -0.4 is 0 Å². The van der Waals surface area contributed by atoms with Crippen molar-refractivity contribution in [2.45, 2.75) is 91.1 Å². The SMILES string of the molecule is COC(=O)C12C(=O)C3(C)OC(C)(C=C4C56CCC(OC(C)=O)C(C)(C)C5C(CC41C)OC6=O)C2(C)C3=O. The van der Waals surface area contributed by atoms with Crippen molar-refractivity contribution in [3.05, 3.63) is 11.6 Å². The van der Waals surface area contributed by atoms with Gasteiger partial charge in [0.1, 0.15) is 12.2 Å². The lowest BCUT2D eigenvalue weighted by Crippen LogP contribution is -2.75. The summed E-state index contributed by atoms with van der Waals surface area (Å²) in [5.74, 6) is -3.00. The fourth-order valence-electron chi connectivity index (χ4n) is 10.2. The van der Waals surface area contributed by atoms with E-state index in [2.05, 4.69) is 0 Å². The number of esters is 3. The maximum atomic E-state index is 14.4. The van der Waals surface area contributed by atoms with Crippen molar-refractivity contribution >= 4 is 29.5 Å². The minimum atomic E-state index is -1.89. The Hall–Kier alpha value is -2.55. The standard InChI is InChI=1S/C28H34O9/c1-13(29)35-16-9-10-27-15-12-24(5)26(7)18(30)25(6,37-24)19(31)28(26,21(33)34-8)23(15,4)11-14(36-20(27)32)17(27)22(16,2)3/h12,14,16-17H,9-11H2,1-8H3. The molecule has 9 heteroatoms. The van der Waals surface area contributed by atoms with Crippen LogP contribution in [0, 0.1) is 33.0 Å². The van der Waals surface area contributed by atoms with Crippen LogP contribution in [0.5, 0.6) is 0 Å². The van der Waals surface area contributed by atoms with Gasteiger partial charge in [-0.1, -0.05) is 26.8 Å². The van der Waals surface area contributed by atoms with E-state index in [-0.39, 0.29) is 12.3 Å². The van der Waals surface area contributed by atoms with Crippen LogP contribution in [-0.4, -0.2) is 60.0 Å². The molecule has 2 aliphatic heterocycles. The van der Waals surface area contributed by atoms with E-state index in [1.54, 1.807) is 13.8 Å². The third kappa shape index (κ3) is 2.07. The molecular weight excluding hydrogens is 480 g/mol. The van der Waals surface area contributed by atoms with Gasteiger partial charge in [-0.3, -0.25) is 24.0 Å². The molecule has 6 rings (SSSR count). The van der Waals surface area contributed by atoms with Gasteiger partial charge in [-0.15, -0.1) is 0 Å². The number of hydrogen-bond acceptors (Lipinski definition) is 9. The summed E-state index contributed by atoms with van der Waals surface area (Å²) in [5.41, 5.74) is -8.99. The van der Waals surface area contributed by atoms with Gasteiger partial charge >= 0.3 is 17.9 Å². The van der Waals surface area contributed by atoms with Gasteiger partial charge in [-0.2, -0.15) is 0 Å². The first-order valence-electron chi connectivity index (χ1n) is 13.0. The van der Waals surface area contributed by atoms with Crippen molar-refractivity contribution in [2.75, 3.05) is 7.11 Å². The minimum absolute atomic E-state index is 0.156. The van der Waals surface area contributed by atoms with Gasteiger partial charge in [0.2, 0.25) is 0 Å². The zero-order valence-corrected chi connectivity index (χ0v) is 22.6. The number of ketones is 2. The summed E-state index contributed by atoms with van der Waals surface area (Å²) in [6.07, 6.45) is 1.66. The van der Waals surface area contributed by atoms with Crippen LogP contribution in [0.3, 0.4) is 0 Å². The second-order valence-electron chi connectivity index (χ2n) is 13.2. The van der Waals surface area contributed by atoms with E-state index in [1.165, 1.54) is 21.0 Å². The van der Waals surface area contributed by atoms with Gasteiger partial charge in [-0.25, -0.2) is 0 Å². The topological polar surface area (TPSA) is 122 Å². The lowest BCUT2D eigenvalue weighted by atomic mass is 9.34. The van der Waals surface area contributed by atoms with E-state index in [1.807, 2.05) is 26.8 Å². The molecule has 2 saturated heterocycles. The van der Waals surface area contributed by atoms with Crippen molar-refractivity contribution in [1.29, 1.82) is 0 Å². The number of fused-ring (bicyclic) bond motifs is 3. The quantitative estimate of drug-likeness (QED) is 0.237. The summed E-state index contributed by atoms with van der Waals surface area (Å²) in [6, 6.07) is 0. The highest BCUT2D eigenvalue weighted by Crippen LogP contribution is 2.82. The summed E-state index contributed by atoms with van der Waals surface area (Å²) in [4.78, 5) is 68.0. The van der Waals surface area contributed by atoms with Crippen LogP contribution in [0.1, 0.15) is 67.7 Å². The summed E-state index contributed by atoms with van der Waals surface area (Å²) < 4.78 is 23.4. The Kier molecular flexibility index (Phi) is 4.25. The van der Waals surface area contributed by atoms with Crippen molar-refractivity contribution in [2.24, 2.45) is 33.0 Å². The van der Waals surface area contributed by atoms with Crippen LogP contribution in [0.2, 0.25) is 0 Å². The summed E-state index contributed by atoms with van der Waals surface area (Å²) in [5, 5.41) is 0. The molecule has 0 aromatic rings. The lowest BCUT2D eigenvalue weighted by Gasteiger charge is -2.67. The van der Waals surface area contributed by atoms with Crippen molar-refractivity contribution in [3.63, 3.8) is 0 Å². The van der Waals surface area contributed by atoms with Crippen molar-refractivity contribution < 1.29 is 42.9 Å². The molecule has 3 saturated carbocycles. The largest absolute Gasteiger partial charge is 0.468 e. The van der Waals surface area contributed by atoms with E-state index in [4.69, 9.17) is 18.9 Å². The summed E-state index contributed by atoms with van der Waals surface area (Å²) in [7, 11) is 1.22. The van der Waals surface area contributed by atoms with Gasteiger partial charge in [0.05, 0.1) is 23.5 Å². The summed E-state index contributed by atoms with van der Waals surface area (Å²) >= 11 is 0. The number of rotatable bonds is 2. The molecule has 0 N–H and O–H groups in total. The maximum absolute atomic E-state index is 14.4. The molecule has 200 valence electrons. The normalized spacial score (nSPS) is 52.2. The van der Waals surface area contributed by atoms with Crippen LogP contribution in [-0.2, 0) is 42.9 Å². The maximum Gasteiger partial charge on any atom is 0.321 e. The Morgan fingerprint density at radius 1 is 1.03 bits per heavy atom. The van der Waals surface area contributed by atoms with E-state index in [0.29, 0.717) is 18.4 Å². The second-order valence-corrected chi connectivity index (χ2v) is 13.2. The fraction of sp³-hybridized carbons (Fsp3) is 0.750. The second kappa shape index (κ2) is 6.35. The van der Waals surface area contributed by atoms with Crippen LogP contribution >= 0.6 is 0 Å². The Morgan fingerprint density at radius 3 is 2.24 bits per heavy atom. The molecule has 5 fully saturated rings. The molecule has 2 heterocycles. The van der Waals surface area contributed by atoms with Gasteiger partial charge in [0.15, 0.2) is 22.6 Å². The van der Waals surface area contributed by atoms with Crippen LogP contribution in [0.25, 0.3) is 0 Å². The van der Waals surface area contributed by atoms with E-state index >= 15 is 0 Å². The highest BCUT2D eigenvalue weighted by Gasteiger charge is 2.94. The molecule has 0 radical (unpaired) electrons. The van der Waals surface area contributed by atoms with Gasteiger partial charge in [0, 0.05) is 23.7 Å². The highest BCUT2D eigenvalue weighted by atomic mass is 16.6. The number of carbonyl (C=O) groups is 5. The van der Waals surface area contributed by atoms with Gasteiger partial charge in [0.25, 0.3) is 0 Å². The Bertz CT molecular complexity index is 1260. The predicted octanol–water partition coefficient (Wildman–Crippen LogP) is 2.48. The Balaban J connectivity index is 1.67. The highest BCUT2D eigenvalue weighted by molar-refractivity contribution is 6.31. The molecule has 9 unspecified atom stereocenters. The van der Waals surface area contributed by atoms with Gasteiger partial charge in [-0.05, 0) is 45.6 Å². The van der Waals surface area contributed by atoms with E-state index < -0.39 is 80.0 Å². The average molecular weight is 515 g/mol. The molecule has 0 aromatic heterocycles. The van der Waals surface area contributed by atoms with Crippen LogP contribution in [0.4, 0.5) is 0 Å². The lowest BCUT2D eigenvalue weighted by molar-refractivity contribution is -0.228. The third-order valence-corrected chi connectivity index (χ3v) is 11.5. The molecule has 0 amide bonds. The fourth-order valence-corrected chi connectivity index (χ4v) is 10.2. The molecule has 0 spiro atoms. The van der Waals surface area contributed by atoms with E-state index in [9.17, 15) is 24.0 Å². The molecular formula is C28H34O9. The summed E-state index contributed by atoms with van der Waals surface area (Å²) in [6.45, 7) is 11.9.